The zero-order chi connectivity index (χ0) is 41.4. The predicted molar refractivity (Wildman–Crippen MR) is 234 cm³/mol. The summed E-state index contributed by atoms with van der Waals surface area (Å²) in [5.74, 6) is -0.824. The van der Waals surface area contributed by atoms with Gasteiger partial charge in [-0.3, -0.25) is 18.6 Å². The van der Waals surface area contributed by atoms with Crippen LogP contribution in [0.5, 0.6) is 0 Å². The Balaban J connectivity index is 4.37. The number of esters is 2. The third kappa shape index (κ3) is 41.9. The van der Waals surface area contributed by atoms with E-state index in [9.17, 15) is 19.0 Å². The van der Waals surface area contributed by atoms with E-state index in [1.54, 1.807) is 0 Å². The van der Waals surface area contributed by atoms with E-state index in [1.165, 1.54) is 96.3 Å². The maximum absolute atomic E-state index is 12.7. The van der Waals surface area contributed by atoms with Crippen molar-refractivity contribution in [3.05, 3.63) is 36.5 Å². The Bertz CT molecular complexity index is 1050. The van der Waals surface area contributed by atoms with Gasteiger partial charge in [0.25, 0.3) is 0 Å². The van der Waals surface area contributed by atoms with Crippen LogP contribution in [0.2, 0.25) is 0 Å². The average molecular weight is 813 g/mol. The van der Waals surface area contributed by atoms with Gasteiger partial charge in [-0.1, -0.05) is 147 Å². The molecule has 56 heavy (non-hydrogen) atoms. The van der Waals surface area contributed by atoms with Gasteiger partial charge in [-0.05, 0) is 70.6 Å². The van der Waals surface area contributed by atoms with Gasteiger partial charge in [0.15, 0.2) is 6.10 Å². The summed E-state index contributed by atoms with van der Waals surface area (Å²) in [4.78, 5) is 35.4. The second kappa shape index (κ2) is 38.7. The van der Waals surface area contributed by atoms with Crippen LogP contribution in [0.1, 0.15) is 194 Å². The molecule has 0 aliphatic rings. The molecule has 328 valence electrons. The van der Waals surface area contributed by atoms with E-state index < -0.39 is 26.5 Å². The molecule has 0 fully saturated rings. The lowest BCUT2D eigenvalue weighted by Crippen LogP contribution is -2.37. The van der Waals surface area contributed by atoms with E-state index in [4.69, 9.17) is 18.5 Å². The van der Waals surface area contributed by atoms with Gasteiger partial charge in [-0.2, -0.15) is 0 Å². The fourth-order valence-corrected chi connectivity index (χ4v) is 6.78. The van der Waals surface area contributed by atoms with Gasteiger partial charge < -0.3 is 18.9 Å². The maximum atomic E-state index is 12.7. The van der Waals surface area contributed by atoms with E-state index in [0.29, 0.717) is 17.4 Å². The number of phosphoric ester groups is 1. The van der Waals surface area contributed by atoms with Crippen LogP contribution in [0.15, 0.2) is 36.5 Å². The van der Waals surface area contributed by atoms with Gasteiger partial charge in [0.2, 0.25) is 0 Å². The van der Waals surface area contributed by atoms with Crippen molar-refractivity contribution in [1.82, 2.24) is 0 Å². The first-order valence-corrected chi connectivity index (χ1v) is 24.2. The number of hydrogen-bond donors (Lipinski definition) is 1. The van der Waals surface area contributed by atoms with Crippen LogP contribution >= 0.6 is 7.82 Å². The Morgan fingerprint density at radius 2 is 0.964 bits per heavy atom. The minimum atomic E-state index is -4.38. The molecule has 0 rings (SSSR count). The lowest BCUT2D eigenvalue weighted by molar-refractivity contribution is -0.870. The second-order valence-corrected chi connectivity index (χ2v) is 17.9. The van der Waals surface area contributed by atoms with E-state index in [0.717, 1.165) is 64.2 Å². The fraction of sp³-hybridized carbons (Fsp3) is 0.826. The molecule has 0 aromatic rings. The molecule has 10 heteroatoms. The molecule has 0 spiro atoms. The van der Waals surface area contributed by atoms with E-state index in [2.05, 4.69) is 50.3 Å². The number of unbranched alkanes of at least 4 members (excludes halogenated alkanes) is 21. The number of carbonyl (C=O) groups excluding carboxylic acids is 2. The van der Waals surface area contributed by atoms with E-state index >= 15 is 0 Å². The molecule has 0 saturated heterocycles. The number of allylic oxidation sites excluding steroid dienone is 6. The minimum absolute atomic E-state index is 0.0276. The highest BCUT2D eigenvalue weighted by Gasteiger charge is 2.27. The smallest absolute Gasteiger partial charge is 0.462 e. The fourth-order valence-electron chi connectivity index (χ4n) is 6.04. The zero-order valence-electron chi connectivity index (χ0n) is 36.9. The number of phosphoric acid groups is 1. The van der Waals surface area contributed by atoms with Crippen molar-refractivity contribution < 1.29 is 42.1 Å². The highest BCUT2D eigenvalue weighted by Crippen LogP contribution is 2.43. The van der Waals surface area contributed by atoms with Crippen LogP contribution in [-0.4, -0.2) is 74.9 Å². The monoisotopic (exact) mass is 813 g/mol. The summed E-state index contributed by atoms with van der Waals surface area (Å²) < 4.78 is 34.3. The van der Waals surface area contributed by atoms with Gasteiger partial charge in [0.05, 0.1) is 27.7 Å². The SMILES string of the molecule is CCCCC/C=C/C/C=C/CCCCCCCCCC(=O)OC[C@H](COP(=O)(O)OCC[N+](C)(C)C)OC(=O)CCCCC/C=C/CCCCCCCCCC. The molecule has 0 heterocycles. The molecule has 0 saturated carbocycles. The first-order chi connectivity index (χ1) is 27.0. The van der Waals surface area contributed by atoms with Crippen LogP contribution in [0.4, 0.5) is 0 Å². The summed E-state index contributed by atoms with van der Waals surface area (Å²) in [5, 5.41) is 0. The van der Waals surface area contributed by atoms with E-state index in [1.807, 2.05) is 21.1 Å². The summed E-state index contributed by atoms with van der Waals surface area (Å²) in [7, 11) is 1.46. The Hall–Kier alpha value is -1.77. The summed E-state index contributed by atoms with van der Waals surface area (Å²) >= 11 is 0. The quantitative estimate of drug-likeness (QED) is 0.0214. The molecule has 1 N–H and O–H groups in total. The molecule has 0 aromatic heterocycles. The van der Waals surface area contributed by atoms with Crippen LogP contribution in [0.3, 0.4) is 0 Å². The molecular formula is C46H87NO8P+. The molecule has 0 bridgehead atoms. The van der Waals surface area contributed by atoms with Crippen molar-refractivity contribution in [1.29, 1.82) is 0 Å². The number of quaternary nitrogens is 1. The normalized spacial score (nSPS) is 13.9. The van der Waals surface area contributed by atoms with Crippen molar-refractivity contribution in [2.75, 3.05) is 47.5 Å². The Morgan fingerprint density at radius 3 is 1.48 bits per heavy atom. The molecule has 0 aliphatic carbocycles. The van der Waals surface area contributed by atoms with Crippen LogP contribution in [0, 0.1) is 0 Å². The van der Waals surface area contributed by atoms with Crippen LogP contribution in [-0.2, 0) is 32.7 Å². The molecule has 0 aromatic carbocycles. The maximum Gasteiger partial charge on any atom is 0.472 e. The molecule has 0 radical (unpaired) electrons. The molecule has 0 aliphatic heterocycles. The van der Waals surface area contributed by atoms with Crippen molar-refractivity contribution in [2.45, 2.75) is 200 Å². The number of carbonyl (C=O) groups is 2. The molecule has 9 nitrogen and oxygen atoms in total. The lowest BCUT2D eigenvalue weighted by Gasteiger charge is -2.24. The standard InChI is InChI=1S/C46H86NO8P/c1-6-8-10-12-14-16-18-20-22-23-25-26-28-30-32-34-36-38-45(48)52-42-44(43-54-56(50,51)53-41-40-47(3,4)5)55-46(49)39-37-35-33-31-29-27-24-21-19-17-15-13-11-9-7-2/h14,16,20,22,27,29,44H,6-13,15,17-19,21,23-26,28,30-43H2,1-5H3/p+1/b16-14+,22-20+,29-27+/t44-/m1/s1. The summed E-state index contributed by atoms with van der Waals surface area (Å²) in [6, 6.07) is 0. The van der Waals surface area contributed by atoms with Gasteiger partial charge in [0, 0.05) is 12.8 Å². The molecule has 0 amide bonds. The highest BCUT2D eigenvalue weighted by molar-refractivity contribution is 7.47. The van der Waals surface area contributed by atoms with Crippen LogP contribution in [0.25, 0.3) is 0 Å². The third-order valence-corrected chi connectivity index (χ3v) is 10.6. The summed E-state index contributed by atoms with van der Waals surface area (Å²) in [6.45, 7) is 4.37. The first-order valence-electron chi connectivity index (χ1n) is 22.7. The predicted octanol–water partition coefficient (Wildman–Crippen LogP) is 12.9. The van der Waals surface area contributed by atoms with E-state index in [-0.39, 0.29) is 32.0 Å². The number of ether oxygens (including phenoxy) is 2. The number of hydrogen-bond acceptors (Lipinski definition) is 7. The van der Waals surface area contributed by atoms with Gasteiger partial charge >= 0.3 is 19.8 Å². The number of rotatable bonds is 41. The topological polar surface area (TPSA) is 108 Å². The largest absolute Gasteiger partial charge is 0.472 e. The van der Waals surface area contributed by atoms with Gasteiger partial charge in [0.1, 0.15) is 19.8 Å². The number of likely N-dealkylation sites (N-methyl/N-ethyl adjacent to an activating group) is 1. The average Bonchev–Trinajstić information content (AvgIpc) is 3.15. The second-order valence-electron chi connectivity index (χ2n) is 16.4. The Labute approximate surface area is 344 Å². The molecule has 2 atom stereocenters. The van der Waals surface area contributed by atoms with Crippen molar-refractivity contribution >= 4 is 19.8 Å². The van der Waals surface area contributed by atoms with Crippen molar-refractivity contribution in [3.8, 4) is 0 Å². The van der Waals surface area contributed by atoms with Crippen molar-refractivity contribution in [2.24, 2.45) is 0 Å². The number of nitrogens with zero attached hydrogens (tertiary/aromatic N) is 1. The minimum Gasteiger partial charge on any atom is -0.462 e. The highest BCUT2D eigenvalue weighted by atomic mass is 31.2. The lowest BCUT2D eigenvalue weighted by atomic mass is 10.1. The Morgan fingerprint density at radius 1 is 0.554 bits per heavy atom. The summed E-state index contributed by atoms with van der Waals surface area (Å²) in [6.07, 6.45) is 43.3. The van der Waals surface area contributed by atoms with Crippen molar-refractivity contribution in [3.63, 3.8) is 0 Å². The van der Waals surface area contributed by atoms with Crippen LogP contribution < -0.4 is 0 Å². The molecular weight excluding hydrogens is 725 g/mol. The Kier molecular flexibility index (Phi) is 37.5. The molecule has 1 unspecified atom stereocenters. The first kappa shape index (κ1) is 54.2. The summed E-state index contributed by atoms with van der Waals surface area (Å²) in [5.41, 5.74) is 0. The van der Waals surface area contributed by atoms with Gasteiger partial charge in [-0.15, -0.1) is 0 Å². The van der Waals surface area contributed by atoms with Gasteiger partial charge in [-0.25, -0.2) is 4.57 Å². The zero-order valence-corrected chi connectivity index (χ0v) is 37.8. The third-order valence-electron chi connectivity index (χ3n) is 9.64.